The molecule has 5 nitrogen and oxygen atoms in total. The average molecular weight is 278 g/mol. The lowest BCUT2D eigenvalue weighted by molar-refractivity contribution is 0.101. The van der Waals surface area contributed by atoms with Crippen molar-refractivity contribution in [3.63, 3.8) is 0 Å². The highest BCUT2D eigenvalue weighted by molar-refractivity contribution is 6.03. The monoisotopic (exact) mass is 278 g/mol. The molecule has 2 aromatic heterocycles. The summed E-state index contributed by atoms with van der Waals surface area (Å²) < 4.78 is 1.54. The van der Waals surface area contributed by atoms with Crippen LogP contribution in [0.25, 0.3) is 11.1 Å². The minimum absolute atomic E-state index is 0.182. The van der Waals surface area contributed by atoms with E-state index in [0.717, 1.165) is 16.8 Å². The first-order valence-corrected chi connectivity index (χ1v) is 6.54. The maximum absolute atomic E-state index is 12.2. The molecular formula is C16H14N4O. The average Bonchev–Trinajstić information content (AvgIpc) is 2.95. The van der Waals surface area contributed by atoms with E-state index in [9.17, 15) is 4.79 Å². The minimum Gasteiger partial charge on any atom is -0.321 e. The smallest absolute Gasteiger partial charge is 0.273 e. The number of pyridine rings is 1. The second-order valence-electron chi connectivity index (χ2n) is 4.62. The minimum atomic E-state index is -0.182. The highest BCUT2D eigenvalue weighted by atomic mass is 16.2. The fraction of sp³-hybridized carbons (Fsp3) is 0.0625. The van der Waals surface area contributed by atoms with Gasteiger partial charge in [0.2, 0.25) is 0 Å². The molecule has 0 aliphatic carbocycles. The molecule has 0 spiro atoms. The highest BCUT2D eigenvalue weighted by Gasteiger charge is 2.10. The standard InChI is InChI=1S/C16H14N4O/c1-20-15(7-9-18-20)16(21)19-14-6-2-4-12(10-14)13-5-3-8-17-11-13/h2-11H,1H3,(H,19,21). The van der Waals surface area contributed by atoms with Gasteiger partial charge in [-0.15, -0.1) is 0 Å². The highest BCUT2D eigenvalue weighted by Crippen LogP contribution is 2.21. The number of amides is 1. The number of nitrogens with zero attached hydrogens (tertiary/aromatic N) is 3. The molecule has 1 aromatic carbocycles. The largest absolute Gasteiger partial charge is 0.321 e. The predicted molar refractivity (Wildman–Crippen MR) is 80.8 cm³/mol. The van der Waals surface area contributed by atoms with Gasteiger partial charge in [0.15, 0.2) is 0 Å². The van der Waals surface area contributed by atoms with E-state index in [-0.39, 0.29) is 5.91 Å². The van der Waals surface area contributed by atoms with E-state index in [2.05, 4.69) is 15.4 Å². The topological polar surface area (TPSA) is 59.8 Å². The molecule has 3 rings (SSSR count). The van der Waals surface area contributed by atoms with Crippen molar-refractivity contribution in [1.82, 2.24) is 14.8 Å². The number of anilines is 1. The summed E-state index contributed by atoms with van der Waals surface area (Å²) in [6.07, 6.45) is 5.13. The van der Waals surface area contributed by atoms with E-state index in [1.807, 2.05) is 36.4 Å². The number of carbonyl (C=O) groups is 1. The van der Waals surface area contributed by atoms with Crippen molar-refractivity contribution in [3.8, 4) is 11.1 Å². The Morgan fingerprint density at radius 2 is 1.95 bits per heavy atom. The van der Waals surface area contributed by atoms with Crippen molar-refractivity contribution in [2.45, 2.75) is 0 Å². The molecule has 0 saturated heterocycles. The number of carbonyl (C=O) groups excluding carboxylic acids is 1. The van der Waals surface area contributed by atoms with Crippen molar-refractivity contribution >= 4 is 11.6 Å². The molecule has 3 aromatic rings. The number of aromatic nitrogens is 3. The van der Waals surface area contributed by atoms with Crippen LogP contribution >= 0.6 is 0 Å². The molecule has 0 radical (unpaired) electrons. The third kappa shape index (κ3) is 2.81. The van der Waals surface area contributed by atoms with Crippen molar-refractivity contribution in [1.29, 1.82) is 0 Å². The van der Waals surface area contributed by atoms with Crippen LogP contribution in [0.5, 0.6) is 0 Å². The molecule has 0 saturated carbocycles. The third-order valence-electron chi connectivity index (χ3n) is 3.17. The molecule has 5 heteroatoms. The van der Waals surface area contributed by atoms with Crippen LogP contribution in [0.2, 0.25) is 0 Å². The van der Waals surface area contributed by atoms with Gasteiger partial charge in [0.1, 0.15) is 5.69 Å². The van der Waals surface area contributed by atoms with E-state index < -0.39 is 0 Å². The molecule has 0 fully saturated rings. The van der Waals surface area contributed by atoms with Crippen LogP contribution in [0.1, 0.15) is 10.5 Å². The summed E-state index contributed by atoms with van der Waals surface area (Å²) >= 11 is 0. The van der Waals surface area contributed by atoms with Gasteiger partial charge in [-0.3, -0.25) is 14.5 Å². The van der Waals surface area contributed by atoms with Crippen molar-refractivity contribution < 1.29 is 4.79 Å². The van der Waals surface area contributed by atoms with E-state index >= 15 is 0 Å². The number of hydrogen-bond donors (Lipinski definition) is 1. The summed E-state index contributed by atoms with van der Waals surface area (Å²) in [4.78, 5) is 16.3. The van der Waals surface area contributed by atoms with Gasteiger partial charge < -0.3 is 5.32 Å². The van der Waals surface area contributed by atoms with Crippen LogP contribution in [-0.2, 0) is 7.05 Å². The summed E-state index contributed by atoms with van der Waals surface area (Å²) in [5.41, 5.74) is 3.27. The molecule has 0 atom stereocenters. The van der Waals surface area contributed by atoms with Gasteiger partial charge in [-0.25, -0.2) is 0 Å². The van der Waals surface area contributed by atoms with Gasteiger partial charge in [0.05, 0.1) is 0 Å². The first kappa shape index (κ1) is 13.1. The van der Waals surface area contributed by atoms with Crippen LogP contribution in [0, 0.1) is 0 Å². The molecule has 0 bridgehead atoms. The maximum Gasteiger partial charge on any atom is 0.273 e. The van der Waals surface area contributed by atoms with E-state index in [1.54, 1.807) is 36.4 Å². The summed E-state index contributed by atoms with van der Waals surface area (Å²) in [5, 5.41) is 6.87. The molecule has 0 unspecified atom stereocenters. The molecule has 1 N–H and O–H groups in total. The fourth-order valence-corrected chi connectivity index (χ4v) is 2.10. The van der Waals surface area contributed by atoms with Gasteiger partial charge in [-0.1, -0.05) is 18.2 Å². The van der Waals surface area contributed by atoms with Crippen molar-refractivity contribution in [3.05, 3.63) is 66.7 Å². The number of rotatable bonds is 3. The van der Waals surface area contributed by atoms with Crippen molar-refractivity contribution in [2.24, 2.45) is 7.05 Å². The van der Waals surface area contributed by atoms with Gasteiger partial charge in [0.25, 0.3) is 5.91 Å². The lowest BCUT2D eigenvalue weighted by Crippen LogP contribution is -2.16. The second kappa shape index (κ2) is 5.58. The Labute approximate surface area is 122 Å². The Bertz CT molecular complexity index is 765. The second-order valence-corrected chi connectivity index (χ2v) is 4.62. The Hall–Kier alpha value is -2.95. The zero-order valence-corrected chi connectivity index (χ0v) is 11.5. The number of nitrogens with one attached hydrogen (secondary N) is 1. The zero-order chi connectivity index (χ0) is 14.7. The number of aryl methyl sites for hydroxylation is 1. The van der Waals surface area contributed by atoms with Gasteiger partial charge in [0, 0.05) is 36.9 Å². The van der Waals surface area contributed by atoms with Crippen LogP contribution in [0.3, 0.4) is 0 Å². The fourth-order valence-electron chi connectivity index (χ4n) is 2.10. The van der Waals surface area contributed by atoms with Gasteiger partial charge in [-0.05, 0) is 29.8 Å². The Balaban J connectivity index is 1.84. The van der Waals surface area contributed by atoms with E-state index in [0.29, 0.717) is 5.69 Å². The van der Waals surface area contributed by atoms with E-state index in [1.165, 1.54) is 0 Å². The third-order valence-corrected chi connectivity index (χ3v) is 3.17. The molecule has 0 aliphatic rings. The predicted octanol–water partition coefficient (Wildman–Crippen LogP) is 2.73. The Morgan fingerprint density at radius 3 is 2.67 bits per heavy atom. The first-order chi connectivity index (χ1) is 10.2. The molecule has 21 heavy (non-hydrogen) atoms. The molecule has 0 aliphatic heterocycles. The molecule has 104 valence electrons. The van der Waals surface area contributed by atoms with Gasteiger partial charge >= 0.3 is 0 Å². The van der Waals surface area contributed by atoms with Crippen LogP contribution in [-0.4, -0.2) is 20.7 Å². The zero-order valence-electron chi connectivity index (χ0n) is 11.5. The summed E-state index contributed by atoms with van der Waals surface area (Å²) in [7, 11) is 1.74. The number of benzene rings is 1. The van der Waals surface area contributed by atoms with E-state index in [4.69, 9.17) is 0 Å². The Kier molecular flexibility index (Phi) is 3.47. The molecular weight excluding hydrogens is 264 g/mol. The summed E-state index contributed by atoms with van der Waals surface area (Å²) in [6, 6.07) is 13.2. The van der Waals surface area contributed by atoms with Crippen molar-refractivity contribution in [2.75, 3.05) is 5.32 Å². The Morgan fingerprint density at radius 1 is 1.10 bits per heavy atom. The maximum atomic E-state index is 12.2. The lowest BCUT2D eigenvalue weighted by atomic mass is 10.1. The summed E-state index contributed by atoms with van der Waals surface area (Å²) in [6.45, 7) is 0. The molecule has 1 amide bonds. The first-order valence-electron chi connectivity index (χ1n) is 6.54. The lowest BCUT2D eigenvalue weighted by Gasteiger charge is -2.07. The van der Waals surface area contributed by atoms with Gasteiger partial charge in [-0.2, -0.15) is 5.10 Å². The quantitative estimate of drug-likeness (QED) is 0.801. The number of hydrogen-bond acceptors (Lipinski definition) is 3. The normalized spacial score (nSPS) is 10.3. The SMILES string of the molecule is Cn1nccc1C(=O)Nc1cccc(-c2cccnc2)c1. The summed E-state index contributed by atoms with van der Waals surface area (Å²) in [5.74, 6) is -0.182. The van der Waals surface area contributed by atoms with Crippen LogP contribution in [0.4, 0.5) is 5.69 Å². The van der Waals surface area contributed by atoms with Crippen LogP contribution in [0.15, 0.2) is 61.1 Å². The molecule has 2 heterocycles. The van der Waals surface area contributed by atoms with Crippen LogP contribution < -0.4 is 5.32 Å².